The minimum absolute atomic E-state index is 0.171. The van der Waals surface area contributed by atoms with Crippen LogP contribution in [0.15, 0.2) is 66.1 Å². The molecule has 0 saturated heterocycles. The summed E-state index contributed by atoms with van der Waals surface area (Å²) in [4.78, 5) is 11.2. The van der Waals surface area contributed by atoms with Gasteiger partial charge in [0, 0.05) is 48.2 Å². The Morgan fingerprint density at radius 3 is 2.97 bits per heavy atom. The Bertz CT molecular complexity index is 1150. The van der Waals surface area contributed by atoms with Gasteiger partial charge in [0.25, 0.3) is 0 Å². The van der Waals surface area contributed by atoms with Gasteiger partial charge in [0.05, 0.1) is 12.8 Å². The number of halogens is 2. The van der Waals surface area contributed by atoms with Crippen LogP contribution in [0.5, 0.6) is 5.75 Å². The van der Waals surface area contributed by atoms with Crippen LogP contribution in [0.25, 0.3) is 0 Å². The Hall–Kier alpha value is -2.96. The summed E-state index contributed by atoms with van der Waals surface area (Å²) in [5.41, 5.74) is 5.11. The smallest absolute Gasteiger partial charge is 0.171 e. The second kappa shape index (κ2) is 8.29. The van der Waals surface area contributed by atoms with Crippen molar-refractivity contribution in [2.75, 3.05) is 19.0 Å². The van der Waals surface area contributed by atoms with Crippen LogP contribution < -0.4 is 10.1 Å². The van der Waals surface area contributed by atoms with Gasteiger partial charge < -0.3 is 10.1 Å². The fourth-order valence-corrected chi connectivity index (χ4v) is 4.54. The highest BCUT2D eigenvalue weighted by molar-refractivity contribution is 6.31. The van der Waals surface area contributed by atoms with Crippen molar-refractivity contribution in [3.05, 3.63) is 93.7 Å². The van der Waals surface area contributed by atoms with Crippen molar-refractivity contribution in [1.82, 2.24) is 14.9 Å². The number of fused-ring (bicyclic) bond motifs is 2. The SMILES string of the molecule is COc1ccc(Cl)c(CNc2ncnc3c2CN(CC2=C4C=CC=CC4C=C2)C3)c1F. The monoisotopic (exact) mass is 436 g/mol. The number of nitrogens with one attached hydrogen (secondary N) is 1. The first kappa shape index (κ1) is 20.0. The third-order valence-electron chi connectivity index (χ3n) is 5.93. The molecule has 1 aromatic carbocycles. The molecule has 3 aliphatic rings. The van der Waals surface area contributed by atoms with Crippen molar-refractivity contribution in [1.29, 1.82) is 0 Å². The van der Waals surface area contributed by atoms with E-state index in [0.717, 1.165) is 30.9 Å². The lowest BCUT2D eigenvalue weighted by molar-refractivity contribution is 0.310. The summed E-state index contributed by atoms with van der Waals surface area (Å²) >= 11 is 6.22. The van der Waals surface area contributed by atoms with Crippen LogP contribution in [-0.2, 0) is 19.6 Å². The molecule has 7 heteroatoms. The Labute approximate surface area is 185 Å². The molecule has 1 atom stereocenters. The van der Waals surface area contributed by atoms with Crippen LogP contribution in [0.3, 0.4) is 0 Å². The predicted molar refractivity (Wildman–Crippen MR) is 119 cm³/mol. The lowest BCUT2D eigenvalue weighted by atomic mass is 9.96. The van der Waals surface area contributed by atoms with Crippen molar-refractivity contribution in [2.24, 2.45) is 5.92 Å². The van der Waals surface area contributed by atoms with E-state index in [9.17, 15) is 4.39 Å². The van der Waals surface area contributed by atoms with Crippen LogP contribution in [0.2, 0.25) is 5.02 Å². The highest BCUT2D eigenvalue weighted by atomic mass is 35.5. The third-order valence-corrected chi connectivity index (χ3v) is 6.28. The van der Waals surface area contributed by atoms with Gasteiger partial charge in [-0.25, -0.2) is 14.4 Å². The molecule has 0 spiro atoms. The number of methoxy groups -OCH3 is 1. The van der Waals surface area contributed by atoms with E-state index in [1.54, 1.807) is 12.4 Å². The summed E-state index contributed by atoms with van der Waals surface area (Å²) in [5, 5.41) is 3.60. The summed E-state index contributed by atoms with van der Waals surface area (Å²) < 4.78 is 19.7. The normalized spacial score (nSPS) is 19.1. The molecule has 0 saturated carbocycles. The average molecular weight is 437 g/mol. The standard InChI is InChI=1S/C24H22ClFN4O/c1-31-22-9-8-20(25)18(23(22)26)10-27-24-19-12-30(13-21(19)28-14-29-24)11-16-7-6-15-4-2-3-5-17(15)16/h2-9,14-15H,10-13H2,1H3,(H,27,28,29). The van der Waals surface area contributed by atoms with Gasteiger partial charge in [-0.3, -0.25) is 4.90 Å². The van der Waals surface area contributed by atoms with Gasteiger partial charge >= 0.3 is 0 Å². The fraction of sp³-hybridized carbons (Fsp3) is 0.250. The summed E-state index contributed by atoms with van der Waals surface area (Å²) in [5.74, 6) is 0.818. The Balaban J connectivity index is 1.31. The number of rotatable bonds is 6. The zero-order valence-electron chi connectivity index (χ0n) is 17.1. The number of benzene rings is 1. The molecular weight excluding hydrogens is 415 g/mol. The zero-order chi connectivity index (χ0) is 21.4. The molecule has 31 heavy (non-hydrogen) atoms. The number of ether oxygens (including phenoxy) is 1. The van der Waals surface area contributed by atoms with Gasteiger partial charge in [-0.15, -0.1) is 0 Å². The molecule has 158 valence electrons. The summed E-state index contributed by atoms with van der Waals surface area (Å²) in [6.45, 7) is 2.56. The molecule has 2 aliphatic carbocycles. The molecule has 0 fully saturated rings. The second-order valence-corrected chi connectivity index (χ2v) is 8.21. The van der Waals surface area contributed by atoms with E-state index in [2.05, 4.69) is 56.6 Å². The minimum atomic E-state index is -0.458. The van der Waals surface area contributed by atoms with Crippen LogP contribution in [0, 0.1) is 11.7 Å². The van der Waals surface area contributed by atoms with Gasteiger partial charge in [-0.1, -0.05) is 48.1 Å². The summed E-state index contributed by atoms with van der Waals surface area (Å²) in [7, 11) is 1.44. The molecule has 0 radical (unpaired) electrons. The predicted octanol–water partition coefficient (Wildman–Crippen LogP) is 4.81. The number of nitrogens with zero attached hydrogens (tertiary/aromatic N) is 3. The largest absolute Gasteiger partial charge is 0.494 e. The number of anilines is 1. The average Bonchev–Trinajstić information content (AvgIpc) is 3.38. The van der Waals surface area contributed by atoms with Crippen molar-refractivity contribution in [3.63, 3.8) is 0 Å². The number of hydrogen-bond acceptors (Lipinski definition) is 5. The van der Waals surface area contributed by atoms with Crippen LogP contribution in [0.4, 0.5) is 10.2 Å². The van der Waals surface area contributed by atoms with E-state index in [0.29, 0.717) is 22.3 Å². The van der Waals surface area contributed by atoms with E-state index in [-0.39, 0.29) is 12.3 Å². The maximum atomic E-state index is 14.6. The third kappa shape index (κ3) is 3.77. The van der Waals surface area contributed by atoms with Crippen molar-refractivity contribution in [3.8, 4) is 5.75 Å². The Morgan fingerprint density at radius 2 is 2.10 bits per heavy atom. The second-order valence-electron chi connectivity index (χ2n) is 7.80. The number of hydrogen-bond donors (Lipinski definition) is 1. The van der Waals surface area contributed by atoms with Crippen LogP contribution >= 0.6 is 11.6 Å². The highest BCUT2D eigenvalue weighted by Gasteiger charge is 2.27. The first-order valence-electron chi connectivity index (χ1n) is 10.2. The van der Waals surface area contributed by atoms with Gasteiger partial charge in [0.2, 0.25) is 0 Å². The Kier molecular flexibility index (Phi) is 5.34. The molecule has 0 amide bonds. The molecule has 1 aliphatic heterocycles. The molecule has 1 aromatic heterocycles. The molecular formula is C24H22ClFN4O. The molecule has 2 aromatic rings. The molecule has 0 bridgehead atoms. The van der Waals surface area contributed by atoms with Gasteiger partial charge in [0.1, 0.15) is 12.1 Å². The first-order valence-corrected chi connectivity index (χ1v) is 10.6. The fourth-order valence-electron chi connectivity index (χ4n) is 4.32. The van der Waals surface area contributed by atoms with Crippen molar-refractivity contribution in [2.45, 2.75) is 19.6 Å². The number of aromatic nitrogens is 2. The number of allylic oxidation sites excluding steroid dienone is 6. The molecule has 2 heterocycles. The van der Waals surface area contributed by atoms with E-state index in [1.165, 1.54) is 24.3 Å². The van der Waals surface area contributed by atoms with Crippen molar-refractivity contribution >= 4 is 17.4 Å². The summed E-state index contributed by atoms with van der Waals surface area (Å²) in [6, 6.07) is 3.16. The maximum absolute atomic E-state index is 14.6. The van der Waals surface area contributed by atoms with Gasteiger partial charge in [-0.2, -0.15) is 0 Å². The van der Waals surface area contributed by atoms with Crippen LogP contribution in [-0.4, -0.2) is 28.5 Å². The molecule has 1 unspecified atom stereocenters. The first-order chi connectivity index (χ1) is 15.1. The molecule has 5 rings (SSSR count). The lowest BCUT2D eigenvalue weighted by Gasteiger charge is -2.17. The van der Waals surface area contributed by atoms with Gasteiger partial charge in [-0.05, 0) is 23.3 Å². The maximum Gasteiger partial charge on any atom is 0.171 e. The molecule has 1 N–H and O–H groups in total. The van der Waals surface area contributed by atoms with E-state index >= 15 is 0 Å². The van der Waals surface area contributed by atoms with E-state index in [1.807, 2.05) is 0 Å². The quantitative estimate of drug-likeness (QED) is 0.704. The van der Waals surface area contributed by atoms with Crippen LogP contribution in [0.1, 0.15) is 16.8 Å². The Morgan fingerprint density at radius 1 is 1.19 bits per heavy atom. The topological polar surface area (TPSA) is 50.3 Å². The van der Waals surface area contributed by atoms with E-state index in [4.69, 9.17) is 16.3 Å². The molecule has 5 nitrogen and oxygen atoms in total. The zero-order valence-corrected chi connectivity index (χ0v) is 17.9. The van der Waals surface area contributed by atoms with Crippen molar-refractivity contribution < 1.29 is 9.13 Å². The summed E-state index contributed by atoms with van der Waals surface area (Å²) in [6.07, 6.45) is 14.6. The highest BCUT2D eigenvalue weighted by Crippen LogP contribution is 2.34. The van der Waals surface area contributed by atoms with Gasteiger partial charge in [0.15, 0.2) is 11.6 Å². The lowest BCUT2D eigenvalue weighted by Crippen LogP contribution is -2.19. The van der Waals surface area contributed by atoms with E-state index < -0.39 is 5.82 Å². The minimum Gasteiger partial charge on any atom is -0.494 e.